The molecule has 1 rings (SSSR count). The van der Waals surface area contributed by atoms with Crippen LogP contribution in [0.1, 0.15) is 10.4 Å². The van der Waals surface area contributed by atoms with Gasteiger partial charge >= 0.3 is 0 Å². The van der Waals surface area contributed by atoms with Crippen LogP contribution in [-0.2, 0) is 10.0 Å². The lowest BCUT2D eigenvalue weighted by molar-refractivity contribution is -0.255. The molecular weight excluding hydrogens is 194 g/mol. The first kappa shape index (κ1) is 9.69. The Bertz CT molecular complexity index is 438. The molecule has 0 heterocycles. The number of benzene rings is 1. The molecule has 0 aliphatic heterocycles. The summed E-state index contributed by atoms with van der Waals surface area (Å²) in [4.78, 5) is 10.0. The summed E-state index contributed by atoms with van der Waals surface area (Å²) in [5.41, 5.74) is -0.426. The second-order valence-corrected chi connectivity index (χ2v) is 3.86. The van der Waals surface area contributed by atoms with Gasteiger partial charge in [-0.05, 0) is 6.07 Å². The van der Waals surface area contributed by atoms with Gasteiger partial charge in [0, 0.05) is 5.56 Å². The number of carbonyl (C=O) groups excluding carboxylic acids is 1. The van der Waals surface area contributed by atoms with Gasteiger partial charge in [0.05, 0.1) is 10.9 Å². The van der Waals surface area contributed by atoms with Gasteiger partial charge in [0.15, 0.2) is 0 Å². The SMILES string of the molecule is NS(=O)(=O)c1ccccc1C(=O)[O-]. The number of hydrogen-bond donors (Lipinski definition) is 1. The Morgan fingerprint density at radius 3 is 2.23 bits per heavy atom. The van der Waals surface area contributed by atoms with Gasteiger partial charge in [-0.1, -0.05) is 18.2 Å². The predicted octanol–water partition coefficient (Wildman–Crippen LogP) is -1.30. The lowest BCUT2D eigenvalue weighted by Gasteiger charge is -2.06. The summed E-state index contributed by atoms with van der Waals surface area (Å²) in [6.45, 7) is 0. The molecule has 70 valence electrons. The van der Waals surface area contributed by atoms with E-state index in [1.807, 2.05) is 0 Å². The minimum absolute atomic E-state index is 0.426. The molecule has 0 unspecified atom stereocenters. The Balaban J connectivity index is 3.46. The van der Waals surface area contributed by atoms with Crippen molar-refractivity contribution in [1.82, 2.24) is 0 Å². The van der Waals surface area contributed by atoms with E-state index < -0.39 is 26.5 Å². The van der Waals surface area contributed by atoms with Gasteiger partial charge in [0.1, 0.15) is 0 Å². The Kier molecular flexibility index (Phi) is 2.35. The minimum Gasteiger partial charge on any atom is -0.545 e. The van der Waals surface area contributed by atoms with E-state index in [2.05, 4.69) is 0 Å². The molecule has 1 aromatic rings. The molecule has 1 aromatic carbocycles. The van der Waals surface area contributed by atoms with E-state index in [1.165, 1.54) is 12.1 Å². The van der Waals surface area contributed by atoms with Gasteiger partial charge in [-0.25, -0.2) is 13.6 Å². The van der Waals surface area contributed by atoms with Crippen LogP contribution in [-0.4, -0.2) is 14.4 Å². The first-order valence-electron chi connectivity index (χ1n) is 3.26. The maximum Gasteiger partial charge on any atom is 0.238 e. The molecule has 0 spiro atoms. The van der Waals surface area contributed by atoms with Gasteiger partial charge < -0.3 is 9.90 Å². The summed E-state index contributed by atoms with van der Waals surface area (Å²) in [5.74, 6) is -1.57. The maximum atomic E-state index is 10.8. The Morgan fingerprint density at radius 1 is 1.31 bits per heavy atom. The first-order chi connectivity index (χ1) is 5.93. The molecule has 2 N–H and O–H groups in total. The second-order valence-electron chi connectivity index (χ2n) is 2.33. The molecule has 0 fully saturated rings. The van der Waals surface area contributed by atoms with Crippen LogP contribution in [0, 0.1) is 0 Å². The Morgan fingerprint density at radius 2 is 1.85 bits per heavy atom. The second kappa shape index (κ2) is 3.15. The fourth-order valence-corrected chi connectivity index (χ4v) is 1.61. The number of carboxylic acids is 1. The van der Waals surface area contributed by atoms with E-state index >= 15 is 0 Å². The van der Waals surface area contributed by atoms with Gasteiger partial charge in [-0.3, -0.25) is 0 Å². The number of nitrogens with two attached hydrogens (primary N) is 1. The van der Waals surface area contributed by atoms with Crippen molar-refractivity contribution >= 4 is 16.0 Å². The van der Waals surface area contributed by atoms with Crippen LogP contribution in [0.5, 0.6) is 0 Å². The lowest BCUT2D eigenvalue weighted by atomic mass is 10.2. The highest BCUT2D eigenvalue weighted by atomic mass is 32.2. The molecule has 0 atom stereocenters. The monoisotopic (exact) mass is 200 g/mol. The van der Waals surface area contributed by atoms with E-state index in [-0.39, 0.29) is 0 Å². The van der Waals surface area contributed by atoms with E-state index in [4.69, 9.17) is 5.14 Å². The van der Waals surface area contributed by atoms with Crippen molar-refractivity contribution in [2.24, 2.45) is 5.14 Å². The molecule has 6 heteroatoms. The van der Waals surface area contributed by atoms with Crippen LogP contribution in [0.4, 0.5) is 0 Å². The van der Waals surface area contributed by atoms with Crippen LogP contribution < -0.4 is 10.2 Å². The summed E-state index contributed by atoms with van der Waals surface area (Å²) in [6, 6.07) is 5.00. The highest BCUT2D eigenvalue weighted by Gasteiger charge is 2.12. The van der Waals surface area contributed by atoms with Crippen LogP contribution in [0.3, 0.4) is 0 Å². The molecule has 0 aliphatic rings. The number of sulfonamides is 1. The minimum atomic E-state index is -4.00. The van der Waals surface area contributed by atoms with Crippen molar-refractivity contribution in [3.63, 3.8) is 0 Å². The van der Waals surface area contributed by atoms with Gasteiger partial charge in [0.25, 0.3) is 0 Å². The third-order valence-electron chi connectivity index (χ3n) is 1.41. The number of carbonyl (C=O) groups is 1. The zero-order chi connectivity index (χ0) is 10.1. The van der Waals surface area contributed by atoms with Crippen molar-refractivity contribution in [1.29, 1.82) is 0 Å². The van der Waals surface area contributed by atoms with Gasteiger partial charge in [-0.15, -0.1) is 0 Å². The zero-order valence-electron chi connectivity index (χ0n) is 6.43. The van der Waals surface area contributed by atoms with Gasteiger partial charge in [-0.2, -0.15) is 0 Å². The van der Waals surface area contributed by atoms with Crippen LogP contribution >= 0.6 is 0 Å². The summed E-state index contributed by atoms with van der Waals surface area (Å²) in [6.07, 6.45) is 0. The highest BCUT2D eigenvalue weighted by molar-refractivity contribution is 7.89. The molecule has 0 radical (unpaired) electrons. The largest absolute Gasteiger partial charge is 0.545 e. The normalized spacial score (nSPS) is 11.2. The summed E-state index contributed by atoms with van der Waals surface area (Å²) in [7, 11) is -4.00. The van der Waals surface area contributed by atoms with Crippen molar-refractivity contribution in [3.8, 4) is 0 Å². The zero-order valence-corrected chi connectivity index (χ0v) is 7.24. The molecule has 13 heavy (non-hydrogen) atoms. The molecular formula is C7H6NO4S-. The molecule has 0 saturated carbocycles. The van der Waals surface area contributed by atoms with Crippen LogP contribution in [0.2, 0.25) is 0 Å². The van der Waals surface area contributed by atoms with Crippen molar-refractivity contribution in [3.05, 3.63) is 29.8 Å². The standard InChI is InChI=1S/C7H7NO4S/c8-13(11,12)6-4-2-1-3-5(6)7(9)10/h1-4H,(H,9,10)(H2,8,11,12)/p-1. The highest BCUT2D eigenvalue weighted by Crippen LogP contribution is 2.12. The third kappa shape index (κ3) is 2.04. The maximum absolute atomic E-state index is 10.8. The lowest BCUT2D eigenvalue weighted by Crippen LogP contribution is -2.26. The number of rotatable bonds is 2. The fourth-order valence-electron chi connectivity index (χ4n) is 0.883. The fraction of sp³-hybridized carbons (Fsp3) is 0. The molecule has 0 aliphatic carbocycles. The van der Waals surface area contributed by atoms with Gasteiger partial charge in [0.2, 0.25) is 10.0 Å². The average Bonchev–Trinajstić information content (AvgIpc) is 2.03. The summed E-state index contributed by atoms with van der Waals surface area (Å²) < 4.78 is 21.7. The van der Waals surface area contributed by atoms with Crippen LogP contribution in [0.15, 0.2) is 29.2 Å². The molecule has 0 saturated heterocycles. The first-order valence-corrected chi connectivity index (χ1v) is 4.81. The van der Waals surface area contributed by atoms with E-state index in [1.54, 1.807) is 0 Å². The third-order valence-corrected chi connectivity index (χ3v) is 2.38. The summed E-state index contributed by atoms with van der Waals surface area (Å²) >= 11 is 0. The Hall–Kier alpha value is -1.40. The number of hydrogen-bond acceptors (Lipinski definition) is 4. The average molecular weight is 200 g/mol. The molecule has 0 amide bonds. The van der Waals surface area contributed by atoms with E-state index in [0.717, 1.165) is 12.1 Å². The quantitative estimate of drug-likeness (QED) is 0.641. The molecule has 0 bridgehead atoms. The van der Waals surface area contributed by atoms with Crippen molar-refractivity contribution < 1.29 is 18.3 Å². The van der Waals surface area contributed by atoms with Crippen LogP contribution in [0.25, 0.3) is 0 Å². The summed E-state index contributed by atoms with van der Waals surface area (Å²) in [5, 5.41) is 15.2. The van der Waals surface area contributed by atoms with E-state index in [0.29, 0.717) is 0 Å². The number of aromatic carboxylic acids is 1. The molecule has 0 aromatic heterocycles. The topological polar surface area (TPSA) is 100 Å². The van der Waals surface area contributed by atoms with Crippen molar-refractivity contribution in [2.75, 3.05) is 0 Å². The van der Waals surface area contributed by atoms with E-state index in [9.17, 15) is 18.3 Å². The Labute approximate surface area is 74.9 Å². The predicted molar refractivity (Wildman–Crippen MR) is 42.1 cm³/mol. The number of carboxylic acid groups (broad SMARTS) is 1. The number of primary sulfonamides is 1. The smallest absolute Gasteiger partial charge is 0.238 e. The molecule has 5 nitrogen and oxygen atoms in total. The van der Waals surface area contributed by atoms with Crippen molar-refractivity contribution in [2.45, 2.75) is 4.90 Å².